The Labute approximate surface area is 252 Å². The van der Waals surface area contributed by atoms with Crippen molar-refractivity contribution in [2.75, 3.05) is 6.54 Å². The number of rotatable bonds is 11. The largest absolute Gasteiger partial charge is 0.480 e. The van der Waals surface area contributed by atoms with E-state index >= 15 is 0 Å². The number of hydrogen-bond donors (Lipinski definition) is 3. The van der Waals surface area contributed by atoms with Gasteiger partial charge in [0.1, 0.15) is 6.04 Å². The number of benzene rings is 3. The van der Waals surface area contributed by atoms with Gasteiger partial charge in [-0.15, -0.1) is 0 Å². The second kappa shape index (κ2) is 13.4. The maximum absolute atomic E-state index is 13.5. The number of fused-ring (bicyclic) bond motifs is 1. The van der Waals surface area contributed by atoms with E-state index in [0.29, 0.717) is 34.6 Å². The molecule has 42 heavy (non-hydrogen) atoms. The third-order valence-corrected chi connectivity index (χ3v) is 7.62. The second-order valence-corrected chi connectivity index (χ2v) is 11.3. The Kier molecular flexibility index (Phi) is 9.88. The van der Waals surface area contributed by atoms with Crippen molar-refractivity contribution in [2.45, 2.75) is 39.3 Å². The molecule has 0 aliphatic carbocycles. The monoisotopic (exact) mass is 610 g/mol. The lowest BCUT2D eigenvalue weighted by atomic mass is 10.0. The maximum Gasteiger partial charge on any atom is 0.335 e. The number of aromatic nitrogens is 2. The normalized spacial score (nSPS) is 12.0. The van der Waals surface area contributed by atoms with Crippen LogP contribution in [0.15, 0.2) is 70.3 Å². The van der Waals surface area contributed by atoms with Gasteiger partial charge in [-0.3, -0.25) is 14.2 Å². The minimum absolute atomic E-state index is 0.0107. The fourth-order valence-electron chi connectivity index (χ4n) is 4.63. The molecule has 3 N–H and O–H groups in total. The van der Waals surface area contributed by atoms with Crippen LogP contribution in [0.2, 0.25) is 10.0 Å². The summed E-state index contributed by atoms with van der Waals surface area (Å²) in [5, 5.41) is 16.2. The van der Waals surface area contributed by atoms with Crippen LogP contribution in [0.25, 0.3) is 16.6 Å². The fraction of sp³-hybridized carbons (Fsp3) is 0.290. The predicted octanol–water partition coefficient (Wildman–Crippen LogP) is 4.56. The smallest absolute Gasteiger partial charge is 0.335 e. The van der Waals surface area contributed by atoms with Gasteiger partial charge in [-0.05, 0) is 66.4 Å². The number of amides is 1. The lowest BCUT2D eigenvalue weighted by Crippen LogP contribution is -2.42. The Balaban J connectivity index is 1.58. The minimum Gasteiger partial charge on any atom is -0.480 e. The van der Waals surface area contributed by atoms with Gasteiger partial charge in [0, 0.05) is 20.0 Å². The molecule has 3 aromatic carbocycles. The molecular formula is C31H32Cl2N4O5. The van der Waals surface area contributed by atoms with E-state index in [9.17, 15) is 24.3 Å². The van der Waals surface area contributed by atoms with Crippen molar-refractivity contribution in [3.63, 3.8) is 0 Å². The Morgan fingerprint density at radius 3 is 2.21 bits per heavy atom. The van der Waals surface area contributed by atoms with Crippen molar-refractivity contribution in [2.24, 2.45) is 13.0 Å². The van der Waals surface area contributed by atoms with Gasteiger partial charge in [-0.25, -0.2) is 14.2 Å². The first-order valence-corrected chi connectivity index (χ1v) is 14.3. The molecule has 1 aromatic heterocycles. The number of carbonyl (C=O) groups excluding carboxylic acids is 1. The molecule has 220 valence electrons. The highest BCUT2D eigenvalue weighted by atomic mass is 35.5. The molecule has 0 bridgehead atoms. The molecule has 9 nitrogen and oxygen atoms in total. The van der Waals surface area contributed by atoms with Crippen LogP contribution in [0.1, 0.15) is 41.8 Å². The molecule has 4 aromatic rings. The number of aryl methyl sites for hydroxylation is 1. The third kappa shape index (κ3) is 6.92. The molecule has 4 rings (SSSR count). The van der Waals surface area contributed by atoms with Crippen LogP contribution in [0.5, 0.6) is 0 Å². The van der Waals surface area contributed by atoms with Gasteiger partial charge in [-0.1, -0.05) is 61.3 Å². The molecular weight excluding hydrogens is 579 g/mol. The van der Waals surface area contributed by atoms with Crippen LogP contribution in [0.4, 0.5) is 0 Å². The molecule has 1 amide bonds. The zero-order valence-corrected chi connectivity index (χ0v) is 25.0. The summed E-state index contributed by atoms with van der Waals surface area (Å²) in [7, 11) is 1.61. The van der Waals surface area contributed by atoms with Crippen molar-refractivity contribution in [3.8, 4) is 5.69 Å². The first kappa shape index (κ1) is 31.0. The van der Waals surface area contributed by atoms with Crippen LogP contribution in [0, 0.1) is 5.92 Å². The van der Waals surface area contributed by atoms with Crippen LogP contribution >= 0.6 is 23.2 Å². The van der Waals surface area contributed by atoms with Gasteiger partial charge in [-0.2, -0.15) is 0 Å². The van der Waals surface area contributed by atoms with Crippen molar-refractivity contribution < 1.29 is 14.7 Å². The Morgan fingerprint density at radius 2 is 1.60 bits per heavy atom. The van der Waals surface area contributed by atoms with E-state index in [1.54, 1.807) is 49.5 Å². The number of halogens is 2. The van der Waals surface area contributed by atoms with Crippen LogP contribution in [0.3, 0.4) is 0 Å². The molecule has 0 aliphatic rings. The summed E-state index contributed by atoms with van der Waals surface area (Å²) in [5.74, 6) is -1.37. The molecule has 0 spiro atoms. The fourth-order valence-corrected chi connectivity index (χ4v) is 5.20. The quantitative estimate of drug-likeness (QED) is 0.214. The lowest BCUT2D eigenvalue weighted by Gasteiger charge is -2.16. The Hall–Kier alpha value is -3.92. The standard InChI is InChI=1S/C31H32Cl2N4O5/c1-18(2)13-14-34-17-20-9-12-26-22(15-20)29(39)37(31(42)36(26)3)21-10-7-19(8-11-21)16-25(30(40)41)35-28(38)27-23(32)5-4-6-24(27)33/h4-12,15,18,25,34H,13-14,16-17H2,1-3H3,(H,35,38)(H,40,41)/t25-/m0/s1. The van der Waals surface area contributed by atoms with Crippen LogP contribution in [-0.2, 0) is 24.8 Å². The molecule has 0 aliphatic heterocycles. The van der Waals surface area contributed by atoms with Gasteiger partial charge >= 0.3 is 11.7 Å². The molecule has 1 atom stereocenters. The minimum atomic E-state index is -1.28. The molecule has 0 fully saturated rings. The number of carboxylic acid groups (broad SMARTS) is 1. The lowest BCUT2D eigenvalue weighted by molar-refractivity contribution is -0.139. The summed E-state index contributed by atoms with van der Waals surface area (Å²) < 4.78 is 2.52. The zero-order valence-electron chi connectivity index (χ0n) is 23.5. The SMILES string of the molecule is CC(C)CCNCc1ccc2c(c1)c(=O)n(-c1ccc(C[C@H](NC(=O)c3c(Cl)cccc3Cl)C(=O)O)cc1)c(=O)n2C. The number of aliphatic carboxylic acids is 1. The third-order valence-electron chi connectivity index (χ3n) is 6.99. The number of carboxylic acids is 1. The van der Waals surface area contributed by atoms with E-state index in [1.165, 1.54) is 16.7 Å². The van der Waals surface area contributed by atoms with Gasteiger partial charge in [0.2, 0.25) is 0 Å². The van der Waals surface area contributed by atoms with Gasteiger partial charge in [0.15, 0.2) is 0 Å². The number of hydrogen-bond acceptors (Lipinski definition) is 5. The first-order valence-electron chi connectivity index (χ1n) is 13.5. The summed E-state index contributed by atoms with van der Waals surface area (Å²) in [6.45, 7) is 5.78. The topological polar surface area (TPSA) is 122 Å². The number of nitrogens with one attached hydrogen (secondary N) is 2. The summed E-state index contributed by atoms with van der Waals surface area (Å²) in [4.78, 5) is 51.4. The molecule has 1 heterocycles. The zero-order chi connectivity index (χ0) is 30.6. The van der Waals surface area contributed by atoms with Crippen molar-refractivity contribution >= 4 is 46.0 Å². The van der Waals surface area contributed by atoms with Crippen LogP contribution < -0.4 is 21.9 Å². The van der Waals surface area contributed by atoms with Crippen molar-refractivity contribution in [3.05, 3.63) is 108 Å². The summed E-state index contributed by atoms with van der Waals surface area (Å²) >= 11 is 12.2. The summed E-state index contributed by atoms with van der Waals surface area (Å²) in [6, 6.07) is 15.1. The highest BCUT2D eigenvalue weighted by Gasteiger charge is 2.24. The van der Waals surface area contributed by atoms with Gasteiger partial charge in [0.05, 0.1) is 32.2 Å². The highest BCUT2D eigenvalue weighted by molar-refractivity contribution is 6.39. The highest BCUT2D eigenvalue weighted by Crippen LogP contribution is 2.24. The molecule has 0 saturated carbocycles. The van der Waals surface area contributed by atoms with E-state index in [2.05, 4.69) is 24.5 Å². The van der Waals surface area contributed by atoms with E-state index in [4.69, 9.17) is 23.2 Å². The van der Waals surface area contributed by atoms with Crippen molar-refractivity contribution in [1.82, 2.24) is 19.8 Å². The number of carbonyl (C=O) groups is 2. The van der Waals surface area contributed by atoms with E-state index in [0.717, 1.165) is 23.1 Å². The molecule has 0 saturated heterocycles. The maximum atomic E-state index is 13.5. The summed E-state index contributed by atoms with van der Waals surface area (Å²) in [5.41, 5.74) is 1.41. The van der Waals surface area contributed by atoms with E-state index in [1.807, 2.05) is 6.07 Å². The van der Waals surface area contributed by atoms with Gasteiger partial charge < -0.3 is 15.7 Å². The number of nitrogens with zero attached hydrogens (tertiary/aromatic N) is 2. The van der Waals surface area contributed by atoms with E-state index < -0.39 is 29.2 Å². The average Bonchev–Trinajstić information content (AvgIpc) is 2.94. The second-order valence-electron chi connectivity index (χ2n) is 10.5. The van der Waals surface area contributed by atoms with Gasteiger partial charge in [0.25, 0.3) is 11.5 Å². The molecule has 11 heteroatoms. The first-order chi connectivity index (χ1) is 20.0. The average molecular weight is 612 g/mol. The molecule has 0 radical (unpaired) electrons. The van der Waals surface area contributed by atoms with E-state index in [-0.39, 0.29) is 22.0 Å². The Morgan fingerprint density at radius 1 is 0.952 bits per heavy atom. The Bertz CT molecular complexity index is 1730. The summed E-state index contributed by atoms with van der Waals surface area (Å²) in [6.07, 6.45) is 0.988. The van der Waals surface area contributed by atoms with Crippen molar-refractivity contribution in [1.29, 1.82) is 0 Å². The molecule has 0 unspecified atom stereocenters. The van der Waals surface area contributed by atoms with Crippen LogP contribution in [-0.4, -0.2) is 38.7 Å². The predicted molar refractivity (Wildman–Crippen MR) is 165 cm³/mol.